The number of amides is 1. The summed E-state index contributed by atoms with van der Waals surface area (Å²) in [6.45, 7) is 3.24. The molecule has 1 amide bonds. The minimum absolute atomic E-state index is 0.00161. The number of benzene rings is 2. The number of rotatable bonds is 6. The fourth-order valence-corrected chi connectivity index (χ4v) is 2.17. The van der Waals surface area contributed by atoms with Gasteiger partial charge in [-0.3, -0.25) is 9.59 Å². The summed E-state index contributed by atoms with van der Waals surface area (Å²) in [5.41, 5.74) is 2.10. The first-order valence-electron chi connectivity index (χ1n) is 7.18. The third-order valence-corrected chi connectivity index (χ3v) is 3.30. The number of anilines is 1. The molecule has 0 saturated heterocycles. The van der Waals surface area contributed by atoms with Gasteiger partial charge in [0.2, 0.25) is 0 Å². The summed E-state index contributed by atoms with van der Waals surface area (Å²) in [6, 6.07) is 12.2. The molecule has 120 valence electrons. The van der Waals surface area contributed by atoms with E-state index in [0.717, 1.165) is 5.56 Å². The van der Waals surface area contributed by atoms with Gasteiger partial charge in [-0.1, -0.05) is 6.07 Å². The lowest BCUT2D eigenvalue weighted by Crippen LogP contribution is -2.20. The Bertz CT molecular complexity index is 725. The highest BCUT2D eigenvalue weighted by molar-refractivity contribution is 5.97. The Morgan fingerprint density at radius 2 is 1.83 bits per heavy atom. The van der Waals surface area contributed by atoms with Crippen LogP contribution in [0.15, 0.2) is 42.5 Å². The molecule has 2 aromatic rings. The van der Waals surface area contributed by atoms with E-state index in [1.54, 1.807) is 49.6 Å². The third kappa shape index (κ3) is 4.57. The standard InChI is InChI=1S/C18H19NO4/c1-12-9-14(7-8-17(12)13(2)20)19-18(21)11-23-16-6-4-5-15(10-16)22-3/h4-10H,11H2,1-3H3,(H,19,21). The van der Waals surface area contributed by atoms with Gasteiger partial charge in [0.05, 0.1) is 7.11 Å². The molecule has 0 spiro atoms. The topological polar surface area (TPSA) is 64.6 Å². The van der Waals surface area contributed by atoms with Crippen LogP contribution < -0.4 is 14.8 Å². The molecule has 0 atom stereocenters. The van der Waals surface area contributed by atoms with Crippen LogP contribution in [0.3, 0.4) is 0 Å². The van der Waals surface area contributed by atoms with Crippen molar-refractivity contribution in [3.05, 3.63) is 53.6 Å². The quantitative estimate of drug-likeness (QED) is 0.832. The highest BCUT2D eigenvalue weighted by atomic mass is 16.5. The van der Waals surface area contributed by atoms with E-state index in [2.05, 4.69) is 5.32 Å². The molecule has 0 unspecified atom stereocenters. The molecule has 0 heterocycles. The van der Waals surface area contributed by atoms with E-state index < -0.39 is 0 Å². The van der Waals surface area contributed by atoms with E-state index in [1.807, 2.05) is 6.92 Å². The lowest BCUT2D eigenvalue weighted by molar-refractivity contribution is -0.118. The van der Waals surface area contributed by atoms with E-state index in [-0.39, 0.29) is 18.3 Å². The minimum atomic E-state index is -0.275. The molecule has 5 nitrogen and oxygen atoms in total. The van der Waals surface area contributed by atoms with Crippen molar-refractivity contribution in [2.75, 3.05) is 19.0 Å². The predicted octanol–water partition coefficient (Wildman–Crippen LogP) is 3.22. The van der Waals surface area contributed by atoms with Crippen LogP contribution in [0.4, 0.5) is 5.69 Å². The number of aryl methyl sites for hydroxylation is 1. The predicted molar refractivity (Wildman–Crippen MR) is 88.3 cm³/mol. The monoisotopic (exact) mass is 313 g/mol. The van der Waals surface area contributed by atoms with E-state index in [9.17, 15) is 9.59 Å². The summed E-state index contributed by atoms with van der Waals surface area (Å²) < 4.78 is 10.5. The van der Waals surface area contributed by atoms with Gasteiger partial charge in [0.25, 0.3) is 5.91 Å². The first-order valence-corrected chi connectivity index (χ1v) is 7.18. The van der Waals surface area contributed by atoms with Crippen LogP contribution >= 0.6 is 0 Å². The van der Waals surface area contributed by atoms with Gasteiger partial charge in [0.1, 0.15) is 11.5 Å². The number of Topliss-reactive ketones (excluding diaryl/α,β-unsaturated/α-hetero) is 1. The maximum absolute atomic E-state index is 11.9. The third-order valence-electron chi connectivity index (χ3n) is 3.30. The maximum atomic E-state index is 11.9. The van der Waals surface area contributed by atoms with Crippen molar-refractivity contribution in [2.24, 2.45) is 0 Å². The molecule has 0 saturated carbocycles. The van der Waals surface area contributed by atoms with Crippen LogP contribution in [0, 0.1) is 6.92 Å². The molecule has 0 fully saturated rings. The molecular formula is C18H19NO4. The summed E-state index contributed by atoms with van der Waals surface area (Å²) in [4.78, 5) is 23.3. The SMILES string of the molecule is COc1cccc(OCC(=O)Nc2ccc(C(C)=O)c(C)c2)c1. The van der Waals surface area contributed by atoms with E-state index in [4.69, 9.17) is 9.47 Å². The van der Waals surface area contributed by atoms with Gasteiger partial charge in [-0.25, -0.2) is 0 Å². The molecule has 2 aromatic carbocycles. The van der Waals surface area contributed by atoms with Crippen molar-refractivity contribution in [2.45, 2.75) is 13.8 Å². The van der Waals surface area contributed by atoms with Crippen molar-refractivity contribution < 1.29 is 19.1 Å². The van der Waals surface area contributed by atoms with Crippen molar-refractivity contribution in [1.82, 2.24) is 0 Å². The zero-order valence-corrected chi connectivity index (χ0v) is 13.4. The minimum Gasteiger partial charge on any atom is -0.497 e. The molecule has 0 bridgehead atoms. The number of ketones is 1. The first kappa shape index (κ1) is 16.5. The molecule has 0 aliphatic rings. The number of nitrogens with one attached hydrogen (secondary N) is 1. The summed E-state index contributed by atoms with van der Waals surface area (Å²) in [6.07, 6.45) is 0. The van der Waals surface area contributed by atoms with Crippen LogP contribution in [0.25, 0.3) is 0 Å². The Hall–Kier alpha value is -2.82. The molecule has 0 radical (unpaired) electrons. The first-order chi connectivity index (χ1) is 11.0. The largest absolute Gasteiger partial charge is 0.497 e. The van der Waals surface area contributed by atoms with Crippen molar-refractivity contribution in [3.8, 4) is 11.5 Å². The number of hydrogen-bond acceptors (Lipinski definition) is 4. The van der Waals surface area contributed by atoms with E-state index in [1.165, 1.54) is 6.92 Å². The van der Waals surface area contributed by atoms with Gasteiger partial charge < -0.3 is 14.8 Å². The Labute approximate surface area is 135 Å². The number of hydrogen-bond donors (Lipinski definition) is 1. The molecule has 0 aromatic heterocycles. The Kier molecular flexibility index (Phi) is 5.36. The zero-order valence-electron chi connectivity index (χ0n) is 13.4. The summed E-state index contributed by atoms with van der Waals surface area (Å²) in [7, 11) is 1.57. The second kappa shape index (κ2) is 7.45. The van der Waals surface area contributed by atoms with Gasteiger partial charge in [-0.15, -0.1) is 0 Å². The van der Waals surface area contributed by atoms with Crippen LogP contribution in [0.2, 0.25) is 0 Å². The lowest BCUT2D eigenvalue weighted by Gasteiger charge is -2.10. The molecule has 2 rings (SSSR count). The van der Waals surface area contributed by atoms with Crippen LogP contribution in [-0.2, 0) is 4.79 Å². The second-order valence-electron chi connectivity index (χ2n) is 5.10. The van der Waals surface area contributed by atoms with E-state index in [0.29, 0.717) is 22.7 Å². The maximum Gasteiger partial charge on any atom is 0.262 e. The Morgan fingerprint density at radius 1 is 1.09 bits per heavy atom. The van der Waals surface area contributed by atoms with Gasteiger partial charge in [0, 0.05) is 17.3 Å². The second-order valence-corrected chi connectivity index (χ2v) is 5.10. The zero-order chi connectivity index (χ0) is 16.8. The van der Waals surface area contributed by atoms with E-state index >= 15 is 0 Å². The van der Waals surface area contributed by atoms with Crippen LogP contribution in [-0.4, -0.2) is 25.4 Å². The van der Waals surface area contributed by atoms with Crippen LogP contribution in [0.1, 0.15) is 22.8 Å². The number of carbonyl (C=O) groups is 2. The molecule has 0 aliphatic carbocycles. The number of methoxy groups -OCH3 is 1. The van der Waals surface area contributed by atoms with Crippen molar-refractivity contribution >= 4 is 17.4 Å². The Balaban J connectivity index is 1.94. The Morgan fingerprint density at radius 3 is 2.48 bits per heavy atom. The highest BCUT2D eigenvalue weighted by Gasteiger charge is 2.08. The number of carbonyl (C=O) groups excluding carboxylic acids is 2. The average Bonchev–Trinajstić information content (AvgIpc) is 2.53. The van der Waals surface area contributed by atoms with Gasteiger partial charge >= 0.3 is 0 Å². The molecular weight excluding hydrogens is 294 g/mol. The normalized spacial score (nSPS) is 10.0. The molecule has 0 aliphatic heterocycles. The van der Waals surface area contributed by atoms with Crippen molar-refractivity contribution in [1.29, 1.82) is 0 Å². The molecule has 1 N–H and O–H groups in total. The lowest BCUT2D eigenvalue weighted by atomic mass is 10.0. The summed E-state index contributed by atoms with van der Waals surface area (Å²) in [5, 5.41) is 2.74. The number of ether oxygens (including phenoxy) is 2. The van der Waals surface area contributed by atoms with Gasteiger partial charge in [-0.05, 0) is 49.7 Å². The summed E-state index contributed by atoms with van der Waals surface area (Å²) >= 11 is 0. The summed E-state index contributed by atoms with van der Waals surface area (Å²) in [5.74, 6) is 0.950. The smallest absolute Gasteiger partial charge is 0.262 e. The van der Waals surface area contributed by atoms with Gasteiger partial charge in [0.15, 0.2) is 12.4 Å². The highest BCUT2D eigenvalue weighted by Crippen LogP contribution is 2.19. The fourth-order valence-electron chi connectivity index (χ4n) is 2.17. The fraction of sp³-hybridized carbons (Fsp3) is 0.222. The van der Waals surface area contributed by atoms with Gasteiger partial charge in [-0.2, -0.15) is 0 Å². The molecule has 5 heteroatoms. The van der Waals surface area contributed by atoms with Crippen molar-refractivity contribution in [3.63, 3.8) is 0 Å². The average molecular weight is 313 g/mol. The molecule has 23 heavy (non-hydrogen) atoms. The van der Waals surface area contributed by atoms with Crippen LogP contribution in [0.5, 0.6) is 11.5 Å².